The maximum absolute atomic E-state index is 11.8. The average Bonchev–Trinajstić information content (AvgIpc) is 2.91. The molecule has 5 nitrogen and oxygen atoms in total. The molecule has 0 aliphatic carbocycles. The van der Waals surface area contributed by atoms with Gasteiger partial charge >= 0.3 is 6.03 Å². The number of para-hydroxylation sites is 2. The van der Waals surface area contributed by atoms with E-state index in [-0.39, 0.29) is 6.03 Å². The van der Waals surface area contributed by atoms with Crippen LogP contribution in [0.5, 0.6) is 0 Å². The number of aromatic nitrogens is 2. The van der Waals surface area contributed by atoms with Gasteiger partial charge in [-0.05, 0) is 17.7 Å². The molecule has 0 saturated heterocycles. The van der Waals surface area contributed by atoms with Gasteiger partial charge < -0.3 is 15.2 Å². The molecule has 1 aromatic heterocycles. The summed E-state index contributed by atoms with van der Waals surface area (Å²) >= 11 is 0. The van der Waals surface area contributed by atoms with E-state index in [1.165, 1.54) is 0 Å². The minimum atomic E-state index is -0.160. The number of urea groups is 1. The van der Waals surface area contributed by atoms with Gasteiger partial charge in [0.1, 0.15) is 5.82 Å². The van der Waals surface area contributed by atoms with E-state index in [1.54, 1.807) is 0 Å². The van der Waals surface area contributed by atoms with Crippen LogP contribution in [0, 0.1) is 0 Å². The van der Waals surface area contributed by atoms with Crippen molar-refractivity contribution in [2.75, 3.05) is 6.54 Å². The molecule has 23 heavy (non-hydrogen) atoms. The molecular formula is C18H20N4O. The molecule has 0 aliphatic rings. The molecular weight excluding hydrogens is 288 g/mol. The summed E-state index contributed by atoms with van der Waals surface area (Å²) in [5.41, 5.74) is 3.17. The summed E-state index contributed by atoms with van der Waals surface area (Å²) in [7, 11) is 2.00. The molecule has 0 spiro atoms. The molecule has 0 radical (unpaired) electrons. The topological polar surface area (TPSA) is 59.0 Å². The average molecular weight is 308 g/mol. The Morgan fingerprint density at radius 1 is 1.04 bits per heavy atom. The monoisotopic (exact) mass is 308 g/mol. The summed E-state index contributed by atoms with van der Waals surface area (Å²) in [6.45, 7) is 1.08. The zero-order chi connectivity index (χ0) is 16.1. The number of aryl methyl sites for hydroxylation is 1. The molecule has 0 aliphatic heterocycles. The van der Waals surface area contributed by atoms with Crippen molar-refractivity contribution in [3.8, 4) is 0 Å². The number of hydrogen-bond acceptors (Lipinski definition) is 2. The van der Waals surface area contributed by atoms with E-state index in [0.717, 1.165) is 22.4 Å². The number of nitrogens with zero attached hydrogens (tertiary/aromatic N) is 2. The third kappa shape index (κ3) is 3.69. The predicted octanol–water partition coefficient (Wildman–Crippen LogP) is 2.62. The first kappa shape index (κ1) is 15.1. The summed E-state index contributed by atoms with van der Waals surface area (Å²) < 4.78 is 2.07. The van der Waals surface area contributed by atoms with Crippen LogP contribution in [-0.2, 0) is 20.0 Å². The summed E-state index contributed by atoms with van der Waals surface area (Å²) in [6, 6.07) is 17.7. The van der Waals surface area contributed by atoms with E-state index in [2.05, 4.69) is 20.2 Å². The van der Waals surface area contributed by atoms with Gasteiger partial charge in [-0.25, -0.2) is 9.78 Å². The van der Waals surface area contributed by atoms with Crippen LogP contribution in [0.4, 0.5) is 4.79 Å². The second kappa shape index (κ2) is 6.96. The third-order valence-electron chi connectivity index (χ3n) is 3.81. The quantitative estimate of drug-likeness (QED) is 0.761. The Morgan fingerprint density at radius 2 is 1.78 bits per heavy atom. The van der Waals surface area contributed by atoms with E-state index < -0.39 is 0 Å². The van der Waals surface area contributed by atoms with Gasteiger partial charge in [0.15, 0.2) is 0 Å². The summed E-state index contributed by atoms with van der Waals surface area (Å²) in [6.07, 6.45) is 0.698. The highest BCUT2D eigenvalue weighted by Gasteiger charge is 2.07. The van der Waals surface area contributed by atoms with Crippen LogP contribution < -0.4 is 10.6 Å². The fourth-order valence-electron chi connectivity index (χ4n) is 2.55. The number of nitrogens with one attached hydrogen (secondary N) is 2. The van der Waals surface area contributed by atoms with Gasteiger partial charge in [-0.3, -0.25) is 0 Å². The maximum atomic E-state index is 11.8. The lowest BCUT2D eigenvalue weighted by Gasteiger charge is -2.08. The molecule has 0 bridgehead atoms. The normalized spacial score (nSPS) is 10.7. The Balaban J connectivity index is 1.48. The fraction of sp³-hybridized carbons (Fsp3) is 0.222. The van der Waals surface area contributed by atoms with Gasteiger partial charge in [0, 0.05) is 26.6 Å². The Bertz CT molecular complexity index is 795. The molecule has 118 valence electrons. The number of amides is 2. The van der Waals surface area contributed by atoms with Crippen LogP contribution in [0.3, 0.4) is 0 Å². The first-order valence-electron chi connectivity index (χ1n) is 7.70. The smallest absolute Gasteiger partial charge is 0.315 e. The van der Waals surface area contributed by atoms with Crippen molar-refractivity contribution in [3.05, 3.63) is 66.0 Å². The molecule has 5 heteroatoms. The highest BCUT2D eigenvalue weighted by Crippen LogP contribution is 2.14. The van der Waals surface area contributed by atoms with Gasteiger partial charge in [-0.1, -0.05) is 42.5 Å². The molecule has 2 amide bonds. The number of carbonyl (C=O) groups excluding carboxylic acids is 1. The molecule has 3 rings (SSSR count). The number of hydrogen-bond donors (Lipinski definition) is 2. The van der Waals surface area contributed by atoms with E-state index in [4.69, 9.17) is 0 Å². The molecule has 0 atom stereocenters. The van der Waals surface area contributed by atoms with E-state index >= 15 is 0 Å². The molecule has 1 heterocycles. The van der Waals surface area contributed by atoms with Gasteiger partial charge in [-0.15, -0.1) is 0 Å². The Morgan fingerprint density at radius 3 is 2.57 bits per heavy atom. The van der Waals surface area contributed by atoms with Gasteiger partial charge in [0.25, 0.3) is 0 Å². The van der Waals surface area contributed by atoms with Crippen LogP contribution in [0.15, 0.2) is 54.6 Å². The van der Waals surface area contributed by atoms with Crippen LogP contribution in [-0.4, -0.2) is 22.1 Å². The first-order chi connectivity index (χ1) is 11.2. The number of rotatable bonds is 5. The van der Waals surface area contributed by atoms with E-state index in [9.17, 15) is 4.79 Å². The lowest BCUT2D eigenvalue weighted by Crippen LogP contribution is -2.36. The van der Waals surface area contributed by atoms with Crippen molar-refractivity contribution in [1.82, 2.24) is 20.2 Å². The number of benzene rings is 2. The van der Waals surface area contributed by atoms with Gasteiger partial charge in [0.2, 0.25) is 0 Å². The van der Waals surface area contributed by atoms with Crippen LogP contribution in [0.25, 0.3) is 11.0 Å². The SMILES string of the molecule is Cn1c(CCNC(=O)NCc2ccccc2)nc2ccccc21. The van der Waals surface area contributed by atoms with Crippen molar-refractivity contribution in [2.24, 2.45) is 7.05 Å². The minimum Gasteiger partial charge on any atom is -0.338 e. The molecule has 3 aromatic rings. The van der Waals surface area contributed by atoms with Crippen molar-refractivity contribution in [3.63, 3.8) is 0 Å². The van der Waals surface area contributed by atoms with Crippen molar-refractivity contribution >= 4 is 17.1 Å². The fourth-order valence-corrected chi connectivity index (χ4v) is 2.55. The lowest BCUT2D eigenvalue weighted by atomic mass is 10.2. The standard InChI is InChI=1S/C18H20N4O/c1-22-16-10-6-5-9-15(16)21-17(22)11-12-19-18(23)20-13-14-7-3-2-4-8-14/h2-10H,11-13H2,1H3,(H2,19,20,23). The van der Waals surface area contributed by atoms with Crippen LogP contribution in [0.2, 0.25) is 0 Å². The number of imidazole rings is 1. The minimum absolute atomic E-state index is 0.160. The number of fused-ring (bicyclic) bond motifs is 1. The Hall–Kier alpha value is -2.82. The zero-order valence-electron chi connectivity index (χ0n) is 13.1. The Labute approximate surface area is 135 Å². The molecule has 0 unspecified atom stereocenters. The van der Waals surface area contributed by atoms with Crippen molar-refractivity contribution < 1.29 is 4.79 Å². The summed E-state index contributed by atoms with van der Waals surface area (Å²) in [4.78, 5) is 16.4. The van der Waals surface area contributed by atoms with E-state index in [0.29, 0.717) is 19.5 Å². The largest absolute Gasteiger partial charge is 0.338 e. The molecule has 2 aromatic carbocycles. The highest BCUT2D eigenvalue weighted by molar-refractivity contribution is 5.76. The first-order valence-corrected chi connectivity index (χ1v) is 7.70. The molecule has 0 fully saturated rings. The van der Waals surface area contributed by atoms with Crippen LogP contribution >= 0.6 is 0 Å². The Kier molecular flexibility index (Phi) is 4.57. The molecule has 0 saturated carbocycles. The predicted molar refractivity (Wildman–Crippen MR) is 91.1 cm³/mol. The van der Waals surface area contributed by atoms with Gasteiger partial charge in [-0.2, -0.15) is 0 Å². The second-order valence-corrected chi connectivity index (χ2v) is 5.42. The van der Waals surface area contributed by atoms with Crippen LogP contribution in [0.1, 0.15) is 11.4 Å². The third-order valence-corrected chi connectivity index (χ3v) is 3.81. The summed E-state index contributed by atoms with van der Waals surface area (Å²) in [5, 5.41) is 5.72. The maximum Gasteiger partial charge on any atom is 0.315 e. The number of carbonyl (C=O) groups is 1. The van der Waals surface area contributed by atoms with Gasteiger partial charge in [0.05, 0.1) is 11.0 Å². The van der Waals surface area contributed by atoms with Crippen molar-refractivity contribution in [2.45, 2.75) is 13.0 Å². The molecule has 2 N–H and O–H groups in total. The van der Waals surface area contributed by atoms with E-state index in [1.807, 2.05) is 61.6 Å². The van der Waals surface area contributed by atoms with Crippen molar-refractivity contribution in [1.29, 1.82) is 0 Å². The lowest BCUT2D eigenvalue weighted by molar-refractivity contribution is 0.240. The summed E-state index contributed by atoms with van der Waals surface area (Å²) in [5.74, 6) is 0.967. The zero-order valence-corrected chi connectivity index (χ0v) is 13.1. The highest BCUT2D eigenvalue weighted by atomic mass is 16.2. The second-order valence-electron chi connectivity index (χ2n) is 5.42.